The maximum Gasteiger partial charge on any atom is 0.0595 e. The summed E-state index contributed by atoms with van der Waals surface area (Å²) in [6.45, 7) is 11.4. The normalized spacial score (nSPS) is 30.2. The maximum absolute atomic E-state index is 3.56. The predicted octanol–water partition coefficient (Wildman–Crippen LogP) is 1.58. The van der Waals surface area contributed by atoms with Crippen LogP contribution >= 0.6 is 0 Å². The van der Waals surface area contributed by atoms with Crippen molar-refractivity contribution in [1.29, 1.82) is 0 Å². The van der Waals surface area contributed by atoms with Gasteiger partial charge < -0.3 is 10.6 Å². The summed E-state index contributed by atoms with van der Waals surface area (Å²) in [4.78, 5) is 0. The molecule has 2 N–H and O–H groups in total. The number of rotatable bonds is 1. The monoisotopic (exact) mass is 170 g/mol. The minimum absolute atomic E-state index is 0.455. The SMILES string of the molecule is CC(C)C1NCCC(C)(C)CN1. The van der Waals surface area contributed by atoms with E-state index in [0.717, 1.165) is 13.1 Å². The molecule has 0 radical (unpaired) electrons. The average Bonchev–Trinajstić information content (AvgIpc) is 2.10. The molecular formula is C10H22N2. The molecule has 0 spiro atoms. The first-order valence-electron chi connectivity index (χ1n) is 4.98. The highest BCUT2D eigenvalue weighted by Gasteiger charge is 2.24. The Morgan fingerprint density at radius 1 is 1.25 bits per heavy atom. The van der Waals surface area contributed by atoms with E-state index in [1.807, 2.05) is 0 Å². The molecule has 0 aliphatic carbocycles. The van der Waals surface area contributed by atoms with E-state index >= 15 is 0 Å². The van der Waals surface area contributed by atoms with E-state index < -0.39 is 0 Å². The molecule has 0 aromatic heterocycles. The van der Waals surface area contributed by atoms with Gasteiger partial charge in [0.2, 0.25) is 0 Å². The van der Waals surface area contributed by atoms with Crippen molar-refractivity contribution >= 4 is 0 Å². The van der Waals surface area contributed by atoms with E-state index in [2.05, 4.69) is 38.3 Å². The zero-order valence-electron chi connectivity index (χ0n) is 8.78. The molecule has 1 heterocycles. The molecule has 0 aromatic carbocycles. The Morgan fingerprint density at radius 3 is 2.50 bits per heavy atom. The van der Waals surface area contributed by atoms with Crippen molar-refractivity contribution in [2.45, 2.75) is 40.3 Å². The third-order valence-electron chi connectivity index (χ3n) is 2.63. The quantitative estimate of drug-likeness (QED) is 0.624. The van der Waals surface area contributed by atoms with Gasteiger partial charge in [-0.05, 0) is 24.3 Å². The Bertz CT molecular complexity index is 141. The summed E-state index contributed by atoms with van der Waals surface area (Å²) < 4.78 is 0. The van der Waals surface area contributed by atoms with Crippen molar-refractivity contribution in [1.82, 2.24) is 10.6 Å². The first-order chi connectivity index (χ1) is 5.51. The molecule has 0 saturated carbocycles. The van der Waals surface area contributed by atoms with Gasteiger partial charge in [0.1, 0.15) is 0 Å². The minimum atomic E-state index is 0.455. The largest absolute Gasteiger partial charge is 0.302 e. The van der Waals surface area contributed by atoms with E-state index in [0.29, 0.717) is 17.5 Å². The standard InChI is InChI=1S/C10H22N2/c1-8(2)9-11-6-5-10(3,4)7-12-9/h8-9,11-12H,5-7H2,1-4H3. The lowest BCUT2D eigenvalue weighted by Crippen LogP contribution is -2.45. The molecule has 1 aliphatic rings. The third kappa shape index (κ3) is 2.76. The molecule has 0 amide bonds. The van der Waals surface area contributed by atoms with Crippen molar-refractivity contribution in [3.05, 3.63) is 0 Å². The lowest BCUT2D eigenvalue weighted by molar-refractivity contribution is 0.315. The fourth-order valence-corrected chi connectivity index (χ4v) is 1.58. The second-order valence-corrected chi connectivity index (χ2v) is 4.97. The predicted molar refractivity (Wildman–Crippen MR) is 53.0 cm³/mol. The fraction of sp³-hybridized carbons (Fsp3) is 1.00. The molecule has 1 atom stereocenters. The summed E-state index contributed by atoms with van der Waals surface area (Å²) in [6.07, 6.45) is 1.77. The number of nitrogens with one attached hydrogen (secondary N) is 2. The molecule has 1 unspecified atom stereocenters. The molecule has 0 bridgehead atoms. The molecule has 0 aromatic rings. The van der Waals surface area contributed by atoms with Crippen LogP contribution < -0.4 is 10.6 Å². The van der Waals surface area contributed by atoms with E-state index in [4.69, 9.17) is 0 Å². The molecule has 72 valence electrons. The Morgan fingerprint density at radius 2 is 1.92 bits per heavy atom. The maximum atomic E-state index is 3.56. The lowest BCUT2D eigenvalue weighted by Gasteiger charge is -2.24. The van der Waals surface area contributed by atoms with Crippen LogP contribution in [0.3, 0.4) is 0 Å². The van der Waals surface area contributed by atoms with Gasteiger partial charge in [-0.3, -0.25) is 0 Å². The minimum Gasteiger partial charge on any atom is -0.302 e. The molecule has 12 heavy (non-hydrogen) atoms. The van der Waals surface area contributed by atoms with Gasteiger partial charge in [0.15, 0.2) is 0 Å². The highest BCUT2D eigenvalue weighted by atomic mass is 15.1. The van der Waals surface area contributed by atoms with Gasteiger partial charge in [-0.15, -0.1) is 0 Å². The number of hydrogen-bond donors (Lipinski definition) is 2. The van der Waals surface area contributed by atoms with Gasteiger partial charge in [0.25, 0.3) is 0 Å². The second-order valence-electron chi connectivity index (χ2n) is 4.97. The summed E-state index contributed by atoms with van der Waals surface area (Å²) in [5.41, 5.74) is 0.455. The Kier molecular flexibility index (Phi) is 3.13. The van der Waals surface area contributed by atoms with Crippen molar-refractivity contribution in [2.75, 3.05) is 13.1 Å². The highest BCUT2D eigenvalue weighted by molar-refractivity contribution is 4.81. The zero-order valence-corrected chi connectivity index (χ0v) is 8.78. The van der Waals surface area contributed by atoms with Crippen LogP contribution in [0.25, 0.3) is 0 Å². The number of hydrogen-bond acceptors (Lipinski definition) is 2. The molecule has 2 heteroatoms. The van der Waals surface area contributed by atoms with Gasteiger partial charge in [0.05, 0.1) is 6.17 Å². The van der Waals surface area contributed by atoms with Gasteiger partial charge in [-0.2, -0.15) is 0 Å². The summed E-state index contributed by atoms with van der Waals surface area (Å²) in [5.74, 6) is 0.680. The highest BCUT2D eigenvalue weighted by Crippen LogP contribution is 2.20. The van der Waals surface area contributed by atoms with Gasteiger partial charge >= 0.3 is 0 Å². The molecular weight excluding hydrogens is 148 g/mol. The van der Waals surface area contributed by atoms with Crippen LogP contribution in [0.1, 0.15) is 34.1 Å². The summed E-state index contributed by atoms with van der Waals surface area (Å²) >= 11 is 0. The van der Waals surface area contributed by atoms with E-state index in [-0.39, 0.29) is 0 Å². The van der Waals surface area contributed by atoms with Crippen molar-refractivity contribution in [2.24, 2.45) is 11.3 Å². The third-order valence-corrected chi connectivity index (χ3v) is 2.63. The van der Waals surface area contributed by atoms with Crippen molar-refractivity contribution < 1.29 is 0 Å². The smallest absolute Gasteiger partial charge is 0.0595 e. The summed E-state index contributed by atoms with van der Waals surface area (Å²) in [6, 6.07) is 0. The van der Waals surface area contributed by atoms with Crippen LogP contribution in [0.4, 0.5) is 0 Å². The fourth-order valence-electron chi connectivity index (χ4n) is 1.58. The van der Waals surface area contributed by atoms with E-state index in [1.165, 1.54) is 6.42 Å². The zero-order chi connectivity index (χ0) is 9.19. The molecule has 1 fully saturated rings. The Hall–Kier alpha value is -0.0800. The van der Waals surface area contributed by atoms with Crippen molar-refractivity contribution in [3.8, 4) is 0 Å². The molecule has 1 rings (SSSR count). The Balaban J connectivity index is 2.45. The van der Waals surface area contributed by atoms with Crippen LogP contribution in [0.5, 0.6) is 0 Å². The van der Waals surface area contributed by atoms with Gasteiger partial charge in [-0.25, -0.2) is 0 Å². The topological polar surface area (TPSA) is 24.1 Å². The average molecular weight is 170 g/mol. The molecule has 1 aliphatic heterocycles. The Labute approximate surface area is 76.1 Å². The van der Waals surface area contributed by atoms with E-state index in [9.17, 15) is 0 Å². The van der Waals surface area contributed by atoms with Gasteiger partial charge in [-0.1, -0.05) is 27.7 Å². The van der Waals surface area contributed by atoms with Crippen LogP contribution in [-0.4, -0.2) is 19.3 Å². The van der Waals surface area contributed by atoms with Crippen molar-refractivity contribution in [3.63, 3.8) is 0 Å². The van der Waals surface area contributed by atoms with Gasteiger partial charge in [0, 0.05) is 6.54 Å². The van der Waals surface area contributed by atoms with Crippen LogP contribution in [0.15, 0.2) is 0 Å². The first-order valence-corrected chi connectivity index (χ1v) is 4.98. The summed E-state index contributed by atoms with van der Waals surface area (Å²) in [7, 11) is 0. The lowest BCUT2D eigenvalue weighted by atomic mass is 9.90. The molecule has 2 nitrogen and oxygen atoms in total. The van der Waals surface area contributed by atoms with Crippen LogP contribution in [-0.2, 0) is 0 Å². The molecule has 1 saturated heterocycles. The summed E-state index contributed by atoms with van der Waals surface area (Å²) in [5, 5.41) is 7.09. The first kappa shape index (κ1) is 10.0. The van der Waals surface area contributed by atoms with Crippen LogP contribution in [0, 0.1) is 11.3 Å². The van der Waals surface area contributed by atoms with Crippen LogP contribution in [0.2, 0.25) is 0 Å². The second kappa shape index (κ2) is 3.75. The van der Waals surface area contributed by atoms with E-state index in [1.54, 1.807) is 0 Å².